The summed E-state index contributed by atoms with van der Waals surface area (Å²) in [6.45, 7) is 0.0756. The minimum absolute atomic E-state index is 0.0344. The predicted octanol–water partition coefficient (Wildman–Crippen LogP) is 0.633. The lowest BCUT2D eigenvalue weighted by Gasteiger charge is -2.05. The first kappa shape index (κ1) is 13.4. The Labute approximate surface area is 102 Å². The molecule has 4 N–H and O–H groups in total. The molecule has 0 atom stereocenters. The van der Waals surface area contributed by atoms with Gasteiger partial charge in [-0.2, -0.15) is 0 Å². The van der Waals surface area contributed by atoms with E-state index < -0.39 is 16.7 Å². The van der Waals surface area contributed by atoms with Crippen molar-refractivity contribution < 1.29 is 19.6 Å². The second kappa shape index (κ2) is 5.62. The van der Waals surface area contributed by atoms with Gasteiger partial charge in [0.15, 0.2) is 0 Å². The van der Waals surface area contributed by atoms with Crippen LogP contribution in [0.2, 0.25) is 0 Å². The number of carbonyl (C=O) groups excluding carboxylic acids is 1. The minimum Gasteiger partial charge on any atom is -0.476 e. The largest absolute Gasteiger partial charge is 0.476 e. The Morgan fingerprint density at radius 3 is 2.67 bits per heavy atom. The molecule has 0 radical (unpaired) electrons. The lowest BCUT2D eigenvalue weighted by Crippen LogP contribution is -2.16. The highest BCUT2D eigenvalue weighted by Gasteiger charge is 2.13. The Bertz CT molecular complexity index is 500. The molecule has 1 aromatic carbocycles. The van der Waals surface area contributed by atoms with Crippen molar-refractivity contribution in [3.63, 3.8) is 0 Å². The summed E-state index contributed by atoms with van der Waals surface area (Å²) in [4.78, 5) is 31.0. The first-order valence-corrected chi connectivity index (χ1v) is 4.95. The van der Waals surface area contributed by atoms with Crippen molar-refractivity contribution in [2.24, 2.45) is 0 Å². The summed E-state index contributed by atoms with van der Waals surface area (Å²) in [5.74, 6) is -2.42. The van der Waals surface area contributed by atoms with Crippen molar-refractivity contribution in [3.8, 4) is 0 Å². The number of carboxylic acids is 1. The van der Waals surface area contributed by atoms with Crippen LogP contribution in [0.3, 0.4) is 0 Å². The zero-order valence-corrected chi connectivity index (χ0v) is 9.25. The second-order valence-corrected chi connectivity index (χ2v) is 3.44. The number of carboxylic acid groups (broad SMARTS) is 1. The molecule has 1 rings (SSSR count). The molecule has 8 heteroatoms. The highest BCUT2D eigenvalue weighted by molar-refractivity contribution is 6.32. The van der Waals surface area contributed by atoms with E-state index in [1.54, 1.807) is 0 Å². The van der Waals surface area contributed by atoms with Gasteiger partial charge in [-0.05, 0) is 12.1 Å². The van der Waals surface area contributed by atoms with E-state index in [4.69, 9.17) is 10.8 Å². The zero-order chi connectivity index (χ0) is 13.7. The fourth-order valence-electron chi connectivity index (χ4n) is 1.24. The Hall–Kier alpha value is -2.64. The Balaban J connectivity index is 2.63. The number of nitrogens with two attached hydrogens (primary N) is 1. The average molecular weight is 253 g/mol. The first-order valence-electron chi connectivity index (χ1n) is 4.95. The maximum absolute atomic E-state index is 10.8. The molecule has 0 spiro atoms. The summed E-state index contributed by atoms with van der Waals surface area (Å²) in [6, 6.07) is 4.09. The summed E-state index contributed by atoms with van der Waals surface area (Å²) in [7, 11) is 0. The van der Waals surface area contributed by atoms with Gasteiger partial charge >= 0.3 is 5.97 Å². The van der Waals surface area contributed by atoms with Crippen LogP contribution in [0.15, 0.2) is 18.2 Å². The van der Waals surface area contributed by atoms with Gasteiger partial charge in [0.2, 0.25) is 5.78 Å². The van der Waals surface area contributed by atoms with Crippen molar-refractivity contribution >= 4 is 28.8 Å². The van der Waals surface area contributed by atoms with Gasteiger partial charge in [-0.3, -0.25) is 14.9 Å². The minimum atomic E-state index is -1.50. The second-order valence-electron chi connectivity index (χ2n) is 3.44. The summed E-state index contributed by atoms with van der Waals surface area (Å²) in [5.41, 5.74) is 5.59. The van der Waals surface area contributed by atoms with E-state index in [0.29, 0.717) is 5.69 Å². The Morgan fingerprint density at radius 1 is 1.44 bits per heavy atom. The third-order valence-electron chi connectivity index (χ3n) is 2.15. The molecule has 0 fully saturated rings. The molecule has 0 aromatic heterocycles. The van der Waals surface area contributed by atoms with Crippen LogP contribution in [0.5, 0.6) is 0 Å². The molecule has 0 unspecified atom stereocenters. The number of anilines is 2. The van der Waals surface area contributed by atoms with Gasteiger partial charge in [0.1, 0.15) is 5.69 Å². The molecule has 0 bridgehead atoms. The number of nitro benzene ring substituents is 1. The molecule has 18 heavy (non-hydrogen) atoms. The van der Waals surface area contributed by atoms with Gasteiger partial charge in [0.25, 0.3) is 5.69 Å². The molecule has 0 aliphatic heterocycles. The first-order chi connectivity index (χ1) is 8.41. The van der Waals surface area contributed by atoms with Crippen molar-refractivity contribution in [3.05, 3.63) is 28.3 Å². The number of carbonyl (C=O) groups is 2. The van der Waals surface area contributed by atoms with E-state index in [-0.39, 0.29) is 24.3 Å². The Kier molecular flexibility index (Phi) is 4.19. The molecule has 96 valence electrons. The zero-order valence-electron chi connectivity index (χ0n) is 9.25. The maximum Gasteiger partial charge on any atom is 0.372 e. The number of ketones is 1. The van der Waals surface area contributed by atoms with Crippen LogP contribution in [0, 0.1) is 10.1 Å². The third kappa shape index (κ3) is 3.44. The molecule has 1 aromatic rings. The lowest BCUT2D eigenvalue weighted by atomic mass is 10.2. The van der Waals surface area contributed by atoms with Crippen LogP contribution < -0.4 is 11.1 Å². The van der Waals surface area contributed by atoms with Crippen molar-refractivity contribution in [2.45, 2.75) is 6.42 Å². The van der Waals surface area contributed by atoms with E-state index in [0.717, 1.165) is 0 Å². The summed E-state index contributed by atoms with van der Waals surface area (Å²) in [5, 5.41) is 21.7. The highest BCUT2D eigenvalue weighted by atomic mass is 16.6. The van der Waals surface area contributed by atoms with Crippen LogP contribution in [0.25, 0.3) is 0 Å². The monoisotopic (exact) mass is 253 g/mol. The Morgan fingerprint density at radius 2 is 2.11 bits per heavy atom. The third-order valence-corrected chi connectivity index (χ3v) is 2.15. The number of nitrogens with zero attached hydrogens (tertiary/aromatic N) is 1. The van der Waals surface area contributed by atoms with Crippen molar-refractivity contribution in [1.82, 2.24) is 0 Å². The van der Waals surface area contributed by atoms with Gasteiger partial charge < -0.3 is 16.2 Å². The normalized spacial score (nSPS) is 9.78. The average Bonchev–Trinajstić information content (AvgIpc) is 2.30. The van der Waals surface area contributed by atoms with Gasteiger partial charge in [-0.15, -0.1) is 0 Å². The van der Waals surface area contributed by atoms with Crippen LogP contribution >= 0.6 is 0 Å². The molecule has 0 amide bonds. The van der Waals surface area contributed by atoms with Gasteiger partial charge in [-0.1, -0.05) is 0 Å². The topological polar surface area (TPSA) is 136 Å². The SMILES string of the molecule is Nc1ccc(NCCC(=O)C(=O)O)cc1[N+](=O)[O-]. The standard InChI is InChI=1S/C10H11N3O5/c11-7-2-1-6(5-8(7)13(17)18)12-4-3-9(14)10(15)16/h1-2,5,12H,3-4,11H2,(H,15,16). The molecular weight excluding hydrogens is 242 g/mol. The smallest absolute Gasteiger partial charge is 0.372 e. The molecule has 0 heterocycles. The fourth-order valence-corrected chi connectivity index (χ4v) is 1.24. The lowest BCUT2D eigenvalue weighted by molar-refractivity contribution is -0.383. The predicted molar refractivity (Wildman–Crippen MR) is 63.3 cm³/mol. The van der Waals surface area contributed by atoms with E-state index in [9.17, 15) is 19.7 Å². The van der Waals surface area contributed by atoms with Gasteiger partial charge in [0.05, 0.1) is 4.92 Å². The number of hydrogen-bond donors (Lipinski definition) is 3. The molecular formula is C10H11N3O5. The van der Waals surface area contributed by atoms with Gasteiger partial charge in [-0.25, -0.2) is 4.79 Å². The van der Waals surface area contributed by atoms with Crippen molar-refractivity contribution in [1.29, 1.82) is 0 Å². The molecule has 8 nitrogen and oxygen atoms in total. The number of aliphatic carboxylic acids is 1. The van der Waals surface area contributed by atoms with E-state index in [1.165, 1.54) is 18.2 Å². The maximum atomic E-state index is 10.8. The number of hydrogen-bond acceptors (Lipinski definition) is 6. The number of rotatable bonds is 6. The number of Topliss-reactive ketones (excluding diaryl/α,β-unsaturated/α-hetero) is 1. The quantitative estimate of drug-likeness (QED) is 0.293. The highest BCUT2D eigenvalue weighted by Crippen LogP contribution is 2.24. The van der Waals surface area contributed by atoms with E-state index in [2.05, 4.69) is 5.32 Å². The number of benzene rings is 1. The molecule has 0 saturated carbocycles. The van der Waals surface area contributed by atoms with E-state index in [1.807, 2.05) is 0 Å². The summed E-state index contributed by atoms with van der Waals surface area (Å²) in [6.07, 6.45) is -0.201. The van der Waals surface area contributed by atoms with Crippen LogP contribution in [0.1, 0.15) is 6.42 Å². The van der Waals surface area contributed by atoms with Crippen molar-refractivity contribution in [2.75, 3.05) is 17.6 Å². The summed E-state index contributed by atoms with van der Waals surface area (Å²) >= 11 is 0. The van der Waals surface area contributed by atoms with Crippen LogP contribution in [-0.4, -0.2) is 28.3 Å². The van der Waals surface area contributed by atoms with Crippen LogP contribution in [-0.2, 0) is 9.59 Å². The number of nitro groups is 1. The van der Waals surface area contributed by atoms with E-state index >= 15 is 0 Å². The summed E-state index contributed by atoms with van der Waals surface area (Å²) < 4.78 is 0. The van der Waals surface area contributed by atoms with Crippen LogP contribution in [0.4, 0.5) is 17.1 Å². The number of nitrogens with one attached hydrogen (secondary N) is 1. The molecule has 0 aliphatic rings. The number of nitrogen functional groups attached to an aromatic ring is 1. The molecule has 0 saturated heterocycles. The molecule has 0 aliphatic carbocycles. The van der Waals surface area contributed by atoms with Gasteiger partial charge in [0, 0.05) is 24.7 Å². The fraction of sp³-hybridized carbons (Fsp3) is 0.200.